The van der Waals surface area contributed by atoms with Gasteiger partial charge in [0.15, 0.2) is 0 Å². The maximum atomic E-state index is 5.74. The number of anilines is 1. The Kier molecular flexibility index (Phi) is 2.53. The Hall–Kier alpha value is -2.62. The molecule has 3 rings (SSSR count). The third kappa shape index (κ3) is 1.96. The fourth-order valence-electron chi connectivity index (χ4n) is 1.76. The van der Waals surface area contributed by atoms with Crippen LogP contribution in [-0.4, -0.2) is 9.97 Å². The summed E-state index contributed by atoms with van der Waals surface area (Å²) in [5.74, 6) is 1.64. The van der Waals surface area contributed by atoms with E-state index in [9.17, 15) is 0 Å². The summed E-state index contributed by atoms with van der Waals surface area (Å²) in [4.78, 5) is 8.39. The predicted octanol–water partition coefficient (Wildman–Crippen LogP) is 3.00. The highest BCUT2D eigenvalue weighted by Crippen LogP contribution is 2.27. The third-order valence-electron chi connectivity index (χ3n) is 2.57. The summed E-state index contributed by atoms with van der Waals surface area (Å²) in [5, 5.41) is 0.948. The van der Waals surface area contributed by atoms with Crippen molar-refractivity contribution in [3.63, 3.8) is 0 Å². The Labute approximate surface area is 104 Å². The zero-order valence-electron chi connectivity index (χ0n) is 9.58. The molecule has 0 fully saturated rings. The van der Waals surface area contributed by atoms with Crippen molar-refractivity contribution < 1.29 is 4.74 Å². The first-order valence-corrected chi connectivity index (χ1v) is 5.57. The van der Waals surface area contributed by atoms with E-state index < -0.39 is 0 Å². The minimum Gasteiger partial charge on any atom is -0.438 e. The standard InChI is InChI=1S/C14H11N3O/c15-13-7-2-8-14(17-13)18-12-6-1-5-11-10(12)4-3-9-16-11/h1-9H,(H2,15,17). The molecular weight excluding hydrogens is 226 g/mol. The number of hydrogen-bond donors (Lipinski definition) is 1. The summed E-state index contributed by atoms with van der Waals surface area (Å²) in [6, 6.07) is 14.9. The van der Waals surface area contributed by atoms with Crippen LogP contribution < -0.4 is 10.5 Å². The Morgan fingerprint density at radius 3 is 2.72 bits per heavy atom. The van der Waals surface area contributed by atoms with E-state index in [1.165, 1.54) is 0 Å². The van der Waals surface area contributed by atoms with Crippen LogP contribution in [0.1, 0.15) is 0 Å². The molecule has 2 aromatic heterocycles. The molecule has 3 aromatic rings. The van der Waals surface area contributed by atoms with Gasteiger partial charge in [0, 0.05) is 17.6 Å². The molecule has 2 N–H and O–H groups in total. The van der Waals surface area contributed by atoms with Crippen LogP contribution in [0.4, 0.5) is 5.82 Å². The zero-order valence-corrected chi connectivity index (χ0v) is 9.58. The number of nitrogens with zero attached hydrogens (tertiary/aromatic N) is 2. The first kappa shape index (κ1) is 10.5. The second-order valence-electron chi connectivity index (χ2n) is 3.83. The smallest absolute Gasteiger partial charge is 0.221 e. The van der Waals surface area contributed by atoms with E-state index in [0.29, 0.717) is 11.7 Å². The first-order valence-electron chi connectivity index (χ1n) is 5.57. The highest BCUT2D eigenvalue weighted by molar-refractivity contribution is 5.85. The molecule has 0 saturated carbocycles. The molecule has 4 heteroatoms. The number of nitrogens with two attached hydrogens (primary N) is 1. The van der Waals surface area contributed by atoms with Crippen LogP contribution in [0.25, 0.3) is 10.9 Å². The molecule has 0 unspecified atom stereocenters. The largest absolute Gasteiger partial charge is 0.438 e. The molecule has 0 spiro atoms. The second kappa shape index (κ2) is 4.33. The van der Waals surface area contributed by atoms with Crippen molar-refractivity contribution in [1.82, 2.24) is 9.97 Å². The number of fused-ring (bicyclic) bond motifs is 1. The van der Waals surface area contributed by atoms with Gasteiger partial charge in [-0.25, -0.2) is 0 Å². The SMILES string of the molecule is Nc1cccc(Oc2cccc3ncccc23)n1. The number of nitrogen functional groups attached to an aromatic ring is 1. The number of rotatable bonds is 2. The maximum absolute atomic E-state index is 5.74. The van der Waals surface area contributed by atoms with Gasteiger partial charge in [0.25, 0.3) is 0 Å². The van der Waals surface area contributed by atoms with Crippen LogP contribution in [0.3, 0.4) is 0 Å². The molecule has 1 aromatic carbocycles. The monoisotopic (exact) mass is 237 g/mol. The lowest BCUT2D eigenvalue weighted by Gasteiger charge is -2.07. The molecular formula is C14H11N3O. The topological polar surface area (TPSA) is 61.0 Å². The van der Waals surface area contributed by atoms with E-state index in [1.807, 2.05) is 30.3 Å². The number of benzene rings is 1. The van der Waals surface area contributed by atoms with Gasteiger partial charge in [-0.2, -0.15) is 4.98 Å². The normalized spacial score (nSPS) is 10.4. The van der Waals surface area contributed by atoms with Gasteiger partial charge in [-0.15, -0.1) is 0 Å². The Morgan fingerprint density at radius 2 is 1.83 bits per heavy atom. The lowest BCUT2D eigenvalue weighted by atomic mass is 10.2. The fourth-order valence-corrected chi connectivity index (χ4v) is 1.76. The summed E-state index contributed by atoms with van der Waals surface area (Å²) in [6.45, 7) is 0. The van der Waals surface area contributed by atoms with Gasteiger partial charge >= 0.3 is 0 Å². The number of ether oxygens (including phenoxy) is 1. The van der Waals surface area contributed by atoms with Crippen molar-refractivity contribution >= 4 is 16.7 Å². The molecule has 4 nitrogen and oxygen atoms in total. The Morgan fingerprint density at radius 1 is 0.944 bits per heavy atom. The fraction of sp³-hybridized carbons (Fsp3) is 0. The van der Waals surface area contributed by atoms with Crippen molar-refractivity contribution in [2.75, 3.05) is 5.73 Å². The van der Waals surface area contributed by atoms with Crippen LogP contribution in [-0.2, 0) is 0 Å². The third-order valence-corrected chi connectivity index (χ3v) is 2.57. The van der Waals surface area contributed by atoms with Gasteiger partial charge < -0.3 is 10.5 Å². The van der Waals surface area contributed by atoms with Gasteiger partial charge in [0.05, 0.1) is 5.52 Å². The number of aromatic nitrogens is 2. The lowest BCUT2D eigenvalue weighted by Crippen LogP contribution is -1.93. The van der Waals surface area contributed by atoms with Crippen LogP contribution in [0.2, 0.25) is 0 Å². The van der Waals surface area contributed by atoms with Gasteiger partial charge in [-0.1, -0.05) is 12.1 Å². The molecule has 0 aliphatic rings. The summed E-state index contributed by atoms with van der Waals surface area (Å²) in [6.07, 6.45) is 1.75. The van der Waals surface area contributed by atoms with E-state index in [0.717, 1.165) is 16.7 Å². The molecule has 0 radical (unpaired) electrons. The highest BCUT2D eigenvalue weighted by Gasteiger charge is 2.04. The molecule has 0 atom stereocenters. The van der Waals surface area contributed by atoms with E-state index in [-0.39, 0.29) is 0 Å². The predicted molar refractivity (Wildman–Crippen MR) is 70.5 cm³/mol. The van der Waals surface area contributed by atoms with Crippen LogP contribution >= 0.6 is 0 Å². The minimum absolute atomic E-state index is 0.436. The molecule has 88 valence electrons. The van der Waals surface area contributed by atoms with Gasteiger partial charge in [0.2, 0.25) is 5.88 Å². The Bertz CT molecular complexity index is 692. The van der Waals surface area contributed by atoms with E-state index in [4.69, 9.17) is 10.5 Å². The minimum atomic E-state index is 0.436. The van der Waals surface area contributed by atoms with Crippen molar-refractivity contribution in [3.8, 4) is 11.6 Å². The lowest BCUT2D eigenvalue weighted by molar-refractivity contribution is 0.469. The second-order valence-corrected chi connectivity index (χ2v) is 3.83. The molecule has 0 bridgehead atoms. The molecule has 2 heterocycles. The van der Waals surface area contributed by atoms with Crippen molar-refractivity contribution in [2.24, 2.45) is 0 Å². The summed E-state index contributed by atoms with van der Waals surface area (Å²) < 4.78 is 5.74. The van der Waals surface area contributed by atoms with Crippen LogP contribution in [0.15, 0.2) is 54.7 Å². The van der Waals surface area contributed by atoms with E-state index in [2.05, 4.69) is 9.97 Å². The molecule has 18 heavy (non-hydrogen) atoms. The van der Waals surface area contributed by atoms with Crippen LogP contribution in [0.5, 0.6) is 11.6 Å². The van der Waals surface area contributed by atoms with Gasteiger partial charge in [-0.05, 0) is 30.3 Å². The number of pyridine rings is 2. The summed E-state index contributed by atoms with van der Waals surface area (Å²) in [7, 11) is 0. The van der Waals surface area contributed by atoms with E-state index in [1.54, 1.807) is 24.4 Å². The van der Waals surface area contributed by atoms with Crippen molar-refractivity contribution in [3.05, 3.63) is 54.7 Å². The molecule has 0 aliphatic carbocycles. The van der Waals surface area contributed by atoms with Gasteiger partial charge in [0.1, 0.15) is 11.6 Å². The van der Waals surface area contributed by atoms with E-state index >= 15 is 0 Å². The van der Waals surface area contributed by atoms with Gasteiger partial charge in [-0.3, -0.25) is 4.98 Å². The summed E-state index contributed by atoms with van der Waals surface area (Å²) >= 11 is 0. The summed E-state index contributed by atoms with van der Waals surface area (Å²) in [5.41, 5.74) is 6.51. The Balaban J connectivity index is 2.05. The highest BCUT2D eigenvalue weighted by atomic mass is 16.5. The van der Waals surface area contributed by atoms with Crippen molar-refractivity contribution in [2.45, 2.75) is 0 Å². The quantitative estimate of drug-likeness (QED) is 0.744. The van der Waals surface area contributed by atoms with Crippen molar-refractivity contribution in [1.29, 1.82) is 0 Å². The number of hydrogen-bond acceptors (Lipinski definition) is 4. The molecule has 0 saturated heterocycles. The maximum Gasteiger partial charge on any atom is 0.221 e. The molecule has 0 aliphatic heterocycles. The van der Waals surface area contributed by atoms with Crippen LogP contribution in [0, 0.1) is 0 Å². The first-order chi connectivity index (χ1) is 8.83. The zero-order chi connectivity index (χ0) is 12.4. The average molecular weight is 237 g/mol. The average Bonchev–Trinajstić information content (AvgIpc) is 2.39. The molecule has 0 amide bonds.